The lowest BCUT2D eigenvalue weighted by atomic mass is 9.89. The van der Waals surface area contributed by atoms with E-state index in [0.29, 0.717) is 11.1 Å². The average molecular weight is 366 g/mol. The molecule has 0 bridgehead atoms. The van der Waals surface area contributed by atoms with E-state index < -0.39 is 0 Å². The van der Waals surface area contributed by atoms with E-state index in [1.165, 1.54) is 22.2 Å². The van der Waals surface area contributed by atoms with Crippen molar-refractivity contribution < 1.29 is 4.79 Å². The van der Waals surface area contributed by atoms with Crippen LogP contribution in [0, 0.1) is 5.92 Å². The molecule has 3 rings (SSSR count). The molecule has 0 fully saturated rings. The number of nitrogens with zero attached hydrogens (tertiary/aromatic N) is 1. The van der Waals surface area contributed by atoms with E-state index in [1.54, 1.807) is 11.3 Å². The van der Waals surface area contributed by atoms with Crippen molar-refractivity contribution in [2.75, 3.05) is 5.75 Å². The molecule has 0 aromatic carbocycles. The number of aryl methyl sites for hydroxylation is 1. The fraction of sp³-hybridized carbons (Fsp3) is 0.588. The van der Waals surface area contributed by atoms with E-state index in [9.17, 15) is 9.59 Å². The molecule has 0 spiro atoms. The highest BCUT2D eigenvalue weighted by Crippen LogP contribution is 2.36. The first-order valence-electron chi connectivity index (χ1n) is 8.21. The molecule has 1 amide bonds. The predicted octanol–water partition coefficient (Wildman–Crippen LogP) is 3.12. The van der Waals surface area contributed by atoms with Crippen molar-refractivity contribution in [1.82, 2.24) is 15.3 Å². The molecule has 5 nitrogen and oxygen atoms in total. The van der Waals surface area contributed by atoms with Crippen LogP contribution < -0.4 is 10.9 Å². The summed E-state index contributed by atoms with van der Waals surface area (Å²) in [5, 5.41) is 4.18. The largest absolute Gasteiger partial charge is 0.351 e. The van der Waals surface area contributed by atoms with Crippen LogP contribution in [0.15, 0.2) is 9.95 Å². The first-order valence-corrected chi connectivity index (χ1v) is 10.0. The first kappa shape index (κ1) is 17.5. The number of amides is 1. The molecule has 2 aromatic heterocycles. The second kappa shape index (κ2) is 6.52. The maximum atomic E-state index is 12.5. The summed E-state index contributed by atoms with van der Waals surface area (Å²) < 4.78 is 0. The summed E-state index contributed by atoms with van der Waals surface area (Å²) in [6, 6.07) is 0. The fourth-order valence-electron chi connectivity index (χ4n) is 2.99. The second-order valence-corrected chi connectivity index (χ2v) is 9.54. The number of hydrogen-bond acceptors (Lipinski definition) is 5. The quantitative estimate of drug-likeness (QED) is 0.647. The van der Waals surface area contributed by atoms with E-state index in [4.69, 9.17) is 0 Å². The monoisotopic (exact) mass is 365 g/mol. The van der Waals surface area contributed by atoms with Gasteiger partial charge in [0.1, 0.15) is 4.83 Å². The van der Waals surface area contributed by atoms with Crippen LogP contribution in [0.2, 0.25) is 0 Å². The number of fused-ring (bicyclic) bond motifs is 3. The Balaban J connectivity index is 1.81. The van der Waals surface area contributed by atoms with E-state index in [0.717, 1.165) is 29.5 Å². The zero-order valence-corrected chi connectivity index (χ0v) is 16.1. The van der Waals surface area contributed by atoms with Crippen molar-refractivity contribution in [3.05, 3.63) is 20.8 Å². The van der Waals surface area contributed by atoms with Crippen LogP contribution in [0.1, 0.15) is 44.6 Å². The smallest absolute Gasteiger partial charge is 0.260 e. The lowest BCUT2D eigenvalue weighted by Crippen LogP contribution is -2.41. The molecule has 1 aliphatic carbocycles. The van der Waals surface area contributed by atoms with Gasteiger partial charge in [0.2, 0.25) is 5.91 Å². The predicted molar refractivity (Wildman–Crippen MR) is 100 cm³/mol. The molecule has 2 heterocycles. The molecule has 130 valence electrons. The van der Waals surface area contributed by atoms with Crippen molar-refractivity contribution in [3.8, 4) is 0 Å². The Morgan fingerprint density at radius 2 is 2.21 bits per heavy atom. The van der Waals surface area contributed by atoms with Crippen molar-refractivity contribution in [1.29, 1.82) is 0 Å². The Labute approximate surface area is 149 Å². The minimum atomic E-state index is -0.258. The Morgan fingerprint density at radius 1 is 1.46 bits per heavy atom. The van der Waals surface area contributed by atoms with Crippen molar-refractivity contribution >= 4 is 39.2 Å². The van der Waals surface area contributed by atoms with Crippen LogP contribution in [0.5, 0.6) is 0 Å². The highest BCUT2D eigenvalue weighted by Gasteiger charge is 2.23. The van der Waals surface area contributed by atoms with Gasteiger partial charge in [0.15, 0.2) is 5.16 Å². The minimum absolute atomic E-state index is 0.0606. The number of thiophene rings is 1. The lowest BCUT2D eigenvalue weighted by Gasteiger charge is -2.20. The van der Waals surface area contributed by atoms with Gasteiger partial charge in [-0.3, -0.25) is 9.59 Å². The van der Waals surface area contributed by atoms with Gasteiger partial charge in [0.05, 0.1) is 11.1 Å². The van der Waals surface area contributed by atoms with E-state index in [1.807, 2.05) is 20.8 Å². The third kappa shape index (κ3) is 3.83. The van der Waals surface area contributed by atoms with Crippen LogP contribution in [0.25, 0.3) is 10.2 Å². The van der Waals surface area contributed by atoms with Gasteiger partial charge < -0.3 is 10.3 Å². The van der Waals surface area contributed by atoms with Crippen molar-refractivity contribution in [2.45, 2.75) is 57.7 Å². The number of carbonyl (C=O) groups is 1. The molecule has 0 unspecified atom stereocenters. The third-order valence-electron chi connectivity index (χ3n) is 4.00. The SMILES string of the molecule is C[C@@H]1CCc2c(sc3nc(SCC(=O)NC(C)(C)C)[nH]c(=O)c23)C1. The topological polar surface area (TPSA) is 74.8 Å². The summed E-state index contributed by atoms with van der Waals surface area (Å²) in [4.78, 5) is 33.9. The number of aromatic amines is 1. The summed E-state index contributed by atoms with van der Waals surface area (Å²) in [5.74, 6) is 0.850. The highest BCUT2D eigenvalue weighted by molar-refractivity contribution is 7.99. The molecule has 2 aromatic rings. The number of aromatic nitrogens is 2. The third-order valence-corrected chi connectivity index (χ3v) is 6.02. The van der Waals surface area contributed by atoms with Gasteiger partial charge in [-0.2, -0.15) is 0 Å². The van der Waals surface area contributed by atoms with E-state index in [-0.39, 0.29) is 22.8 Å². The van der Waals surface area contributed by atoms with Gasteiger partial charge in [-0.25, -0.2) is 4.98 Å². The zero-order chi connectivity index (χ0) is 17.5. The summed E-state index contributed by atoms with van der Waals surface area (Å²) in [6.07, 6.45) is 3.12. The summed E-state index contributed by atoms with van der Waals surface area (Å²) in [7, 11) is 0. The van der Waals surface area contributed by atoms with Crippen molar-refractivity contribution in [3.63, 3.8) is 0 Å². The van der Waals surface area contributed by atoms with E-state index in [2.05, 4.69) is 22.2 Å². The summed E-state index contributed by atoms with van der Waals surface area (Å²) in [6.45, 7) is 8.08. The number of thioether (sulfide) groups is 1. The zero-order valence-electron chi connectivity index (χ0n) is 14.5. The molecular weight excluding hydrogens is 342 g/mol. The first-order chi connectivity index (χ1) is 11.2. The fourth-order valence-corrected chi connectivity index (χ4v) is 5.09. The Kier molecular flexibility index (Phi) is 4.75. The van der Waals surface area contributed by atoms with Crippen LogP contribution >= 0.6 is 23.1 Å². The lowest BCUT2D eigenvalue weighted by molar-refractivity contribution is -0.119. The Morgan fingerprint density at radius 3 is 2.92 bits per heavy atom. The Bertz CT molecular complexity index is 833. The highest BCUT2D eigenvalue weighted by atomic mass is 32.2. The van der Waals surface area contributed by atoms with Gasteiger partial charge in [-0.05, 0) is 51.5 Å². The van der Waals surface area contributed by atoms with Gasteiger partial charge in [-0.1, -0.05) is 18.7 Å². The molecule has 1 atom stereocenters. The van der Waals surface area contributed by atoms with Crippen LogP contribution in [0.3, 0.4) is 0 Å². The molecule has 24 heavy (non-hydrogen) atoms. The molecule has 0 saturated heterocycles. The number of carbonyl (C=O) groups excluding carboxylic acids is 1. The normalized spacial score (nSPS) is 17.8. The molecular formula is C17H23N3O2S2. The van der Waals surface area contributed by atoms with Gasteiger partial charge in [0, 0.05) is 10.4 Å². The number of H-pyrrole nitrogens is 1. The number of rotatable bonds is 3. The van der Waals surface area contributed by atoms with Crippen molar-refractivity contribution in [2.24, 2.45) is 5.92 Å². The maximum absolute atomic E-state index is 12.5. The number of nitrogens with one attached hydrogen (secondary N) is 2. The van der Waals surface area contributed by atoms with Gasteiger partial charge in [0.25, 0.3) is 5.56 Å². The standard InChI is InChI=1S/C17H23N3O2S2/c1-9-5-6-10-11(7-9)24-15-13(10)14(22)18-16(19-15)23-8-12(21)20-17(2,3)4/h9H,5-8H2,1-4H3,(H,20,21)(H,18,19,22)/t9-/m1/s1. The minimum Gasteiger partial charge on any atom is -0.351 e. The second-order valence-electron chi connectivity index (χ2n) is 7.49. The van der Waals surface area contributed by atoms with E-state index >= 15 is 0 Å². The number of hydrogen-bond donors (Lipinski definition) is 2. The molecule has 1 aliphatic rings. The Hall–Kier alpha value is -1.34. The van der Waals surface area contributed by atoms with Crippen LogP contribution in [-0.4, -0.2) is 27.2 Å². The molecule has 0 aliphatic heterocycles. The molecule has 2 N–H and O–H groups in total. The van der Waals surface area contributed by atoms with Crippen LogP contribution in [0.4, 0.5) is 0 Å². The average Bonchev–Trinajstić information content (AvgIpc) is 2.80. The molecule has 7 heteroatoms. The summed E-state index contributed by atoms with van der Waals surface area (Å²) >= 11 is 2.90. The van der Waals surface area contributed by atoms with Gasteiger partial charge >= 0.3 is 0 Å². The maximum Gasteiger partial charge on any atom is 0.260 e. The van der Waals surface area contributed by atoms with Crippen LogP contribution in [-0.2, 0) is 17.6 Å². The van der Waals surface area contributed by atoms with Gasteiger partial charge in [-0.15, -0.1) is 11.3 Å². The summed E-state index contributed by atoms with van der Waals surface area (Å²) in [5.41, 5.74) is 0.848. The molecule has 0 saturated carbocycles. The molecule has 0 radical (unpaired) electrons.